The number of ketones is 1. The zero-order chi connectivity index (χ0) is 23.4. The highest BCUT2D eigenvalue weighted by molar-refractivity contribution is 9.11. The highest BCUT2D eigenvalue weighted by Gasteiger charge is 2.45. The van der Waals surface area contributed by atoms with E-state index in [0.29, 0.717) is 29.8 Å². The molecule has 4 rings (SSSR count). The zero-order valence-electron chi connectivity index (χ0n) is 17.3. The molecule has 0 bridgehead atoms. The van der Waals surface area contributed by atoms with Crippen molar-refractivity contribution in [2.45, 2.75) is 38.8 Å². The highest BCUT2D eigenvalue weighted by Crippen LogP contribution is 2.51. The summed E-state index contributed by atoms with van der Waals surface area (Å²) in [6.07, 6.45) is -3.66. The standard InChI is InChI=1S/C23H19BrF3N3OS/c1-22(2)9-15-20(16(31)10-22)19(17-7-8-18(24)32-17)14(11-28)21(29)30(15)13-5-3-12(4-6-13)23(25,26)27/h3-8,19H,9-10,29H2,1-2H3. The van der Waals surface area contributed by atoms with Crippen LogP contribution >= 0.6 is 27.3 Å². The Hall–Kier alpha value is -2.57. The topological polar surface area (TPSA) is 70.1 Å². The van der Waals surface area contributed by atoms with Crippen LogP contribution in [-0.2, 0) is 11.0 Å². The first-order chi connectivity index (χ1) is 14.9. The van der Waals surface area contributed by atoms with Crippen LogP contribution in [-0.4, -0.2) is 5.78 Å². The Morgan fingerprint density at radius 3 is 2.38 bits per heavy atom. The molecule has 2 heterocycles. The van der Waals surface area contributed by atoms with Gasteiger partial charge in [-0.25, -0.2) is 0 Å². The van der Waals surface area contributed by atoms with Gasteiger partial charge in [0, 0.05) is 28.3 Å². The average molecular weight is 522 g/mol. The Morgan fingerprint density at radius 2 is 1.84 bits per heavy atom. The number of rotatable bonds is 2. The fourth-order valence-electron chi connectivity index (χ4n) is 4.37. The van der Waals surface area contributed by atoms with Gasteiger partial charge in [-0.05, 0) is 64.2 Å². The summed E-state index contributed by atoms with van der Waals surface area (Å²) in [5.74, 6) is -0.547. The molecule has 0 spiro atoms. The number of halogens is 4. The molecular formula is C23H19BrF3N3OS. The first kappa shape index (κ1) is 22.6. The van der Waals surface area contributed by atoms with Crippen LogP contribution in [0.1, 0.15) is 43.0 Å². The molecule has 4 nitrogen and oxygen atoms in total. The van der Waals surface area contributed by atoms with Gasteiger partial charge in [0.25, 0.3) is 0 Å². The Labute approximate surface area is 196 Å². The lowest BCUT2D eigenvalue weighted by atomic mass is 9.69. The van der Waals surface area contributed by atoms with Crippen LogP contribution in [0.25, 0.3) is 0 Å². The van der Waals surface area contributed by atoms with Crippen molar-refractivity contribution in [2.24, 2.45) is 11.1 Å². The molecule has 166 valence electrons. The minimum absolute atomic E-state index is 0.0806. The van der Waals surface area contributed by atoms with Crippen molar-refractivity contribution in [1.29, 1.82) is 5.26 Å². The molecule has 0 saturated carbocycles. The van der Waals surface area contributed by atoms with Crippen molar-refractivity contribution in [3.63, 3.8) is 0 Å². The minimum atomic E-state index is -4.47. The minimum Gasteiger partial charge on any atom is -0.384 e. The van der Waals surface area contributed by atoms with Gasteiger partial charge < -0.3 is 5.73 Å². The number of nitrogens with two attached hydrogens (primary N) is 1. The molecule has 2 aliphatic rings. The van der Waals surface area contributed by atoms with Crippen molar-refractivity contribution in [1.82, 2.24) is 0 Å². The summed E-state index contributed by atoms with van der Waals surface area (Å²) in [4.78, 5) is 15.7. The van der Waals surface area contributed by atoms with Crippen molar-refractivity contribution < 1.29 is 18.0 Å². The molecule has 1 aromatic carbocycles. The zero-order valence-corrected chi connectivity index (χ0v) is 19.7. The van der Waals surface area contributed by atoms with Crippen LogP contribution in [0, 0.1) is 16.7 Å². The second-order valence-electron chi connectivity index (χ2n) is 8.67. The maximum Gasteiger partial charge on any atom is 0.416 e. The van der Waals surface area contributed by atoms with E-state index >= 15 is 0 Å². The average Bonchev–Trinajstić information content (AvgIpc) is 3.11. The first-order valence-electron chi connectivity index (χ1n) is 9.81. The summed E-state index contributed by atoms with van der Waals surface area (Å²) in [6, 6.07) is 10.5. The van der Waals surface area contributed by atoms with Gasteiger partial charge in [-0.3, -0.25) is 9.69 Å². The maximum absolute atomic E-state index is 13.4. The molecule has 2 N–H and O–H groups in total. The van der Waals surface area contributed by atoms with Crippen molar-refractivity contribution in [2.75, 3.05) is 4.90 Å². The monoisotopic (exact) mass is 521 g/mol. The number of hydrogen-bond donors (Lipinski definition) is 1. The molecule has 0 amide bonds. The molecule has 9 heteroatoms. The van der Waals surface area contributed by atoms with Gasteiger partial charge in [-0.1, -0.05) is 13.8 Å². The van der Waals surface area contributed by atoms with Gasteiger partial charge >= 0.3 is 6.18 Å². The Kier molecular flexibility index (Phi) is 5.50. The van der Waals surface area contributed by atoms with E-state index in [1.807, 2.05) is 26.0 Å². The number of hydrogen-bond acceptors (Lipinski definition) is 5. The van der Waals surface area contributed by atoms with Gasteiger partial charge in [-0.2, -0.15) is 18.4 Å². The third-order valence-corrected chi connectivity index (χ3v) is 7.40. The van der Waals surface area contributed by atoms with E-state index in [0.717, 1.165) is 20.8 Å². The number of carbonyl (C=O) groups excluding carboxylic acids is 1. The molecule has 1 aliphatic heterocycles. The molecule has 1 aromatic heterocycles. The number of thiophene rings is 1. The van der Waals surface area contributed by atoms with E-state index in [1.54, 1.807) is 4.90 Å². The van der Waals surface area contributed by atoms with Gasteiger partial charge in [0.15, 0.2) is 5.78 Å². The SMILES string of the molecule is CC1(C)CC(=O)C2=C(C1)N(c1ccc(C(F)(F)F)cc1)C(N)=C(C#N)C2c1ccc(Br)s1. The molecule has 1 unspecified atom stereocenters. The van der Waals surface area contributed by atoms with Crippen LogP contribution in [0.5, 0.6) is 0 Å². The van der Waals surface area contributed by atoms with E-state index in [-0.39, 0.29) is 22.6 Å². The lowest BCUT2D eigenvalue weighted by molar-refractivity contribution is -0.137. The van der Waals surface area contributed by atoms with Gasteiger partial charge in [0.05, 0.1) is 26.9 Å². The summed E-state index contributed by atoms with van der Waals surface area (Å²) in [7, 11) is 0. The van der Waals surface area contributed by atoms with Crippen LogP contribution in [0.15, 0.2) is 62.8 Å². The molecule has 0 radical (unpaired) electrons. The van der Waals surface area contributed by atoms with E-state index in [9.17, 15) is 23.2 Å². The molecular weight excluding hydrogens is 503 g/mol. The lowest BCUT2D eigenvalue weighted by Crippen LogP contribution is -2.42. The Balaban J connectivity index is 1.94. The van der Waals surface area contributed by atoms with E-state index in [1.165, 1.54) is 23.5 Å². The second kappa shape index (κ2) is 7.78. The Morgan fingerprint density at radius 1 is 1.19 bits per heavy atom. The fraction of sp³-hybridized carbons (Fsp3) is 0.304. The van der Waals surface area contributed by atoms with Crippen LogP contribution < -0.4 is 10.6 Å². The molecule has 0 fully saturated rings. The fourth-order valence-corrected chi connectivity index (χ4v) is 5.91. The smallest absolute Gasteiger partial charge is 0.384 e. The van der Waals surface area contributed by atoms with Crippen molar-refractivity contribution in [3.8, 4) is 6.07 Å². The lowest BCUT2D eigenvalue weighted by Gasteiger charge is -2.43. The molecule has 1 aliphatic carbocycles. The summed E-state index contributed by atoms with van der Waals surface area (Å²) in [5.41, 5.74) is 7.06. The van der Waals surface area contributed by atoms with E-state index < -0.39 is 17.7 Å². The number of anilines is 1. The number of nitriles is 1. The maximum atomic E-state index is 13.4. The summed E-state index contributed by atoms with van der Waals surface area (Å²) < 4.78 is 40.1. The normalized spacial score (nSPS) is 21.0. The van der Waals surface area contributed by atoms with Crippen LogP contribution in [0.3, 0.4) is 0 Å². The number of benzene rings is 1. The third-order valence-electron chi connectivity index (χ3n) is 5.71. The van der Waals surface area contributed by atoms with Gasteiger partial charge in [0.2, 0.25) is 0 Å². The van der Waals surface area contributed by atoms with Crippen molar-refractivity contribution in [3.05, 3.63) is 73.3 Å². The first-order valence-corrected chi connectivity index (χ1v) is 11.4. The number of allylic oxidation sites excluding steroid dienone is 3. The summed E-state index contributed by atoms with van der Waals surface area (Å²) >= 11 is 4.85. The van der Waals surface area contributed by atoms with Gasteiger partial charge in [-0.15, -0.1) is 11.3 Å². The number of alkyl halides is 3. The molecule has 1 atom stereocenters. The number of carbonyl (C=O) groups is 1. The number of nitrogens with zero attached hydrogens (tertiary/aromatic N) is 2. The largest absolute Gasteiger partial charge is 0.416 e. The highest BCUT2D eigenvalue weighted by atomic mass is 79.9. The predicted octanol–water partition coefficient (Wildman–Crippen LogP) is 6.47. The summed E-state index contributed by atoms with van der Waals surface area (Å²) in [5, 5.41) is 9.99. The summed E-state index contributed by atoms with van der Waals surface area (Å²) in [6.45, 7) is 3.94. The molecule has 32 heavy (non-hydrogen) atoms. The van der Waals surface area contributed by atoms with Crippen LogP contribution in [0.2, 0.25) is 0 Å². The second-order valence-corrected chi connectivity index (χ2v) is 11.2. The van der Waals surface area contributed by atoms with Crippen LogP contribution in [0.4, 0.5) is 18.9 Å². The van der Waals surface area contributed by atoms with Crippen molar-refractivity contribution >= 4 is 38.7 Å². The Bertz CT molecular complexity index is 1200. The quantitative estimate of drug-likeness (QED) is 0.491. The third kappa shape index (κ3) is 3.86. The van der Waals surface area contributed by atoms with E-state index in [2.05, 4.69) is 22.0 Å². The number of Topliss-reactive ketones (excluding diaryl/α,β-unsaturated/α-hetero) is 1. The molecule has 2 aromatic rings. The molecule has 0 saturated heterocycles. The predicted molar refractivity (Wildman–Crippen MR) is 121 cm³/mol. The van der Waals surface area contributed by atoms with E-state index in [4.69, 9.17) is 5.73 Å². The van der Waals surface area contributed by atoms with Gasteiger partial charge in [0.1, 0.15) is 5.82 Å².